The van der Waals surface area contributed by atoms with Crippen molar-refractivity contribution < 1.29 is 0 Å². The second kappa shape index (κ2) is 3.68. The van der Waals surface area contributed by atoms with Gasteiger partial charge in [0.25, 0.3) is 0 Å². The topological polar surface area (TPSA) is 12.9 Å². The lowest BCUT2D eigenvalue weighted by Gasteiger charge is -1.86. The quantitative estimate of drug-likeness (QED) is 0.749. The van der Waals surface area contributed by atoms with E-state index in [9.17, 15) is 0 Å². The van der Waals surface area contributed by atoms with E-state index in [4.69, 9.17) is 0 Å². The van der Waals surface area contributed by atoms with E-state index in [1.54, 1.807) is 22.7 Å². The maximum absolute atomic E-state index is 4.45. The second-order valence-electron chi connectivity index (χ2n) is 2.25. The maximum Gasteiger partial charge on any atom is 0.133 e. The molecule has 0 aliphatic carbocycles. The van der Waals surface area contributed by atoms with Crippen molar-refractivity contribution in [1.29, 1.82) is 0 Å². The summed E-state index contributed by atoms with van der Waals surface area (Å²) in [6.07, 6.45) is 0. The standard InChI is InChI=1S/C8H6BrNS2/c9-4-6-5-12-8(10-6)7-2-1-3-11-7/h1-3,5H,4H2. The van der Waals surface area contributed by atoms with Crippen molar-refractivity contribution in [2.24, 2.45) is 0 Å². The molecule has 0 amide bonds. The molecule has 2 heterocycles. The first-order valence-corrected chi connectivity index (χ1v) is 6.32. The van der Waals surface area contributed by atoms with Crippen LogP contribution < -0.4 is 0 Å². The number of hydrogen-bond acceptors (Lipinski definition) is 3. The highest BCUT2D eigenvalue weighted by atomic mass is 79.9. The van der Waals surface area contributed by atoms with Gasteiger partial charge in [-0.25, -0.2) is 4.98 Å². The van der Waals surface area contributed by atoms with Crippen LogP contribution in [0.2, 0.25) is 0 Å². The molecular formula is C8H6BrNS2. The van der Waals surface area contributed by atoms with Gasteiger partial charge in [0.15, 0.2) is 0 Å². The first kappa shape index (κ1) is 8.41. The van der Waals surface area contributed by atoms with E-state index < -0.39 is 0 Å². The summed E-state index contributed by atoms with van der Waals surface area (Å²) in [5, 5.41) is 6.13. The van der Waals surface area contributed by atoms with Gasteiger partial charge in [-0.1, -0.05) is 22.0 Å². The molecule has 2 rings (SSSR count). The Morgan fingerprint density at radius 3 is 2.92 bits per heavy atom. The molecule has 2 aromatic rings. The van der Waals surface area contributed by atoms with Gasteiger partial charge in [0.2, 0.25) is 0 Å². The Morgan fingerprint density at radius 2 is 2.33 bits per heavy atom. The van der Waals surface area contributed by atoms with Gasteiger partial charge in [-0.15, -0.1) is 22.7 Å². The van der Waals surface area contributed by atoms with Crippen LogP contribution >= 0.6 is 38.6 Å². The lowest BCUT2D eigenvalue weighted by molar-refractivity contribution is 1.25. The summed E-state index contributed by atoms with van der Waals surface area (Å²) in [6.45, 7) is 0. The number of nitrogens with zero attached hydrogens (tertiary/aromatic N) is 1. The molecule has 4 heteroatoms. The van der Waals surface area contributed by atoms with Gasteiger partial charge in [0, 0.05) is 10.7 Å². The van der Waals surface area contributed by atoms with Gasteiger partial charge >= 0.3 is 0 Å². The Morgan fingerprint density at radius 1 is 1.42 bits per heavy atom. The molecule has 0 aliphatic rings. The highest BCUT2D eigenvalue weighted by molar-refractivity contribution is 9.08. The maximum atomic E-state index is 4.45. The van der Waals surface area contributed by atoms with Crippen molar-refractivity contribution >= 4 is 38.6 Å². The molecule has 0 saturated heterocycles. The molecule has 2 aromatic heterocycles. The van der Waals surface area contributed by atoms with E-state index in [-0.39, 0.29) is 0 Å². The van der Waals surface area contributed by atoms with Gasteiger partial charge < -0.3 is 0 Å². The monoisotopic (exact) mass is 259 g/mol. The van der Waals surface area contributed by atoms with Crippen molar-refractivity contribution in [1.82, 2.24) is 4.98 Å². The van der Waals surface area contributed by atoms with Crippen LogP contribution in [0.25, 0.3) is 9.88 Å². The number of aromatic nitrogens is 1. The van der Waals surface area contributed by atoms with E-state index in [1.807, 2.05) is 0 Å². The molecule has 12 heavy (non-hydrogen) atoms. The predicted molar refractivity (Wildman–Crippen MR) is 58.1 cm³/mol. The average Bonchev–Trinajstić information content (AvgIpc) is 2.75. The fraction of sp³-hybridized carbons (Fsp3) is 0.125. The van der Waals surface area contributed by atoms with Crippen molar-refractivity contribution in [3.8, 4) is 9.88 Å². The highest BCUT2D eigenvalue weighted by Gasteiger charge is 2.03. The number of alkyl halides is 1. The minimum absolute atomic E-state index is 0.842. The fourth-order valence-corrected chi connectivity index (χ4v) is 3.02. The number of hydrogen-bond donors (Lipinski definition) is 0. The van der Waals surface area contributed by atoms with Crippen LogP contribution in [0.1, 0.15) is 5.69 Å². The highest BCUT2D eigenvalue weighted by Crippen LogP contribution is 2.28. The van der Waals surface area contributed by atoms with Crippen LogP contribution in [0, 0.1) is 0 Å². The minimum atomic E-state index is 0.842. The van der Waals surface area contributed by atoms with Crippen LogP contribution in [0.4, 0.5) is 0 Å². The summed E-state index contributed by atoms with van der Waals surface area (Å²) in [5.41, 5.74) is 1.11. The van der Waals surface area contributed by atoms with Crippen LogP contribution in [0.3, 0.4) is 0 Å². The molecule has 0 bridgehead atoms. The Hall–Kier alpha value is -0.190. The fourth-order valence-electron chi connectivity index (χ4n) is 0.882. The molecule has 0 aliphatic heterocycles. The molecule has 0 unspecified atom stereocenters. The van der Waals surface area contributed by atoms with E-state index >= 15 is 0 Å². The molecule has 62 valence electrons. The predicted octanol–water partition coefficient (Wildman–Crippen LogP) is 3.77. The molecule has 0 N–H and O–H groups in total. The van der Waals surface area contributed by atoms with Gasteiger partial charge in [-0.05, 0) is 11.4 Å². The van der Waals surface area contributed by atoms with E-state index in [0.29, 0.717) is 0 Å². The Labute approximate surface area is 87.2 Å². The lowest BCUT2D eigenvalue weighted by atomic mass is 10.5. The number of rotatable bonds is 2. The third kappa shape index (κ3) is 1.60. The summed E-state index contributed by atoms with van der Waals surface area (Å²) in [5.74, 6) is 0. The molecule has 0 spiro atoms. The van der Waals surface area contributed by atoms with Gasteiger partial charge in [-0.2, -0.15) is 0 Å². The third-order valence-corrected chi connectivity index (χ3v) is 3.93. The zero-order valence-corrected chi connectivity index (χ0v) is 9.38. The summed E-state index contributed by atoms with van der Waals surface area (Å²) in [7, 11) is 0. The van der Waals surface area contributed by atoms with E-state index in [1.165, 1.54) is 4.88 Å². The van der Waals surface area contributed by atoms with Gasteiger partial charge in [0.05, 0.1) is 10.6 Å². The molecule has 0 radical (unpaired) electrons. The molecule has 1 nitrogen and oxygen atoms in total. The van der Waals surface area contributed by atoms with E-state index in [2.05, 4.69) is 43.8 Å². The van der Waals surface area contributed by atoms with Crippen molar-refractivity contribution in [2.75, 3.05) is 0 Å². The molecule has 0 atom stereocenters. The Bertz CT molecular complexity index is 353. The summed E-state index contributed by atoms with van der Waals surface area (Å²) >= 11 is 6.82. The van der Waals surface area contributed by atoms with Crippen molar-refractivity contribution in [2.45, 2.75) is 5.33 Å². The Balaban J connectivity index is 2.35. The van der Waals surface area contributed by atoms with Crippen LogP contribution in [0.5, 0.6) is 0 Å². The lowest BCUT2D eigenvalue weighted by Crippen LogP contribution is -1.75. The molecule has 0 fully saturated rings. The smallest absolute Gasteiger partial charge is 0.133 e. The average molecular weight is 260 g/mol. The largest absolute Gasteiger partial charge is 0.239 e. The van der Waals surface area contributed by atoms with Crippen molar-refractivity contribution in [3.63, 3.8) is 0 Å². The normalized spacial score (nSPS) is 10.4. The van der Waals surface area contributed by atoms with Crippen molar-refractivity contribution in [3.05, 3.63) is 28.6 Å². The summed E-state index contributed by atoms with van der Waals surface area (Å²) in [6, 6.07) is 4.15. The minimum Gasteiger partial charge on any atom is -0.239 e. The summed E-state index contributed by atoms with van der Waals surface area (Å²) < 4.78 is 0. The molecule has 0 aromatic carbocycles. The zero-order chi connectivity index (χ0) is 8.39. The van der Waals surface area contributed by atoms with E-state index in [0.717, 1.165) is 16.0 Å². The SMILES string of the molecule is BrCc1csc(-c2cccs2)n1. The number of thiophene rings is 1. The Kier molecular flexibility index (Phi) is 2.58. The van der Waals surface area contributed by atoms with Gasteiger partial charge in [-0.3, -0.25) is 0 Å². The molecular weight excluding hydrogens is 254 g/mol. The van der Waals surface area contributed by atoms with Crippen LogP contribution in [-0.4, -0.2) is 4.98 Å². The molecule has 0 saturated carbocycles. The van der Waals surface area contributed by atoms with Crippen LogP contribution in [-0.2, 0) is 5.33 Å². The first-order chi connectivity index (χ1) is 5.90. The number of thiazole rings is 1. The second-order valence-corrected chi connectivity index (χ2v) is 4.62. The first-order valence-electron chi connectivity index (χ1n) is 3.44. The summed E-state index contributed by atoms with van der Waals surface area (Å²) in [4.78, 5) is 5.71. The number of halogens is 1. The zero-order valence-electron chi connectivity index (χ0n) is 6.16. The van der Waals surface area contributed by atoms with Gasteiger partial charge in [0.1, 0.15) is 5.01 Å². The van der Waals surface area contributed by atoms with Crippen LogP contribution in [0.15, 0.2) is 22.9 Å². The third-order valence-electron chi connectivity index (χ3n) is 1.42.